The van der Waals surface area contributed by atoms with Crippen molar-refractivity contribution in [1.82, 2.24) is 19.5 Å². The van der Waals surface area contributed by atoms with Crippen LogP contribution in [0.4, 0.5) is 17.3 Å². The normalized spacial score (nSPS) is 16.2. The molecule has 8 nitrogen and oxygen atoms in total. The van der Waals surface area contributed by atoms with Crippen LogP contribution in [0.1, 0.15) is 31.3 Å². The summed E-state index contributed by atoms with van der Waals surface area (Å²) >= 11 is 0. The summed E-state index contributed by atoms with van der Waals surface area (Å²) in [4.78, 5) is 15.5. The predicted molar refractivity (Wildman–Crippen MR) is 126 cm³/mol. The summed E-state index contributed by atoms with van der Waals surface area (Å²) in [6, 6.07) is 12.0. The summed E-state index contributed by atoms with van der Waals surface area (Å²) in [6.07, 6.45) is 7.35. The molecule has 0 spiro atoms. The number of benzene rings is 1. The molecule has 4 heterocycles. The number of nitrogen functional groups attached to an aromatic ring is 1. The average Bonchev–Trinajstić information content (AvgIpc) is 3.26. The largest absolute Gasteiger partial charge is 0.388 e. The highest BCUT2D eigenvalue weighted by atomic mass is 16.3. The Kier molecular flexibility index (Phi) is 4.94. The van der Waals surface area contributed by atoms with E-state index >= 15 is 0 Å². The SMILES string of the molecule is CC(C)(O)C1CN(c2ccc(CNc3cccc4c(N)nccc34)cn2)Cc2nccn21. The van der Waals surface area contributed by atoms with Crippen LogP contribution in [0.15, 0.2) is 61.2 Å². The van der Waals surface area contributed by atoms with Crippen LogP contribution < -0.4 is 16.0 Å². The summed E-state index contributed by atoms with van der Waals surface area (Å²) in [5.74, 6) is 2.34. The Bertz CT molecular complexity index is 1240. The van der Waals surface area contributed by atoms with Crippen molar-refractivity contribution < 1.29 is 5.11 Å². The summed E-state index contributed by atoms with van der Waals surface area (Å²) < 4.78 is 2.07. The Morgan fingerprint density at radius 1 is 1.09 bits per heavy atom. The lowest BCUT2D eigenvalue weighted by Crippen LogP contribution is -2.46. The summed E-state index contributed by atoms with van der Waals surface area (Å²) in [6.45, 7) is 5.65. The van der Waals surface area contributed by atoms with Gasteiger partial charge in [0, 0.05) is 54.3 Å². The Balaban J connectivity index is 1.32. The highest BCUT2D eigenvalue weighted by molar-refractivity contribution is 5.99. The standard InChI is InChI=1S/C24H27N7O/c1-24(2,32)20-14-30(15-22-26-10-11-31(20)22)21-7-6-16(13-29-21)12-28-19-5-3-4-18-17(19)8-9-27-23(18)25/h3-11,13,20,28,32H,12,14-15H2,1-2H3,(H2,25,27). The first-order chi connectivity index (χ1) is 15.4. The first-order valence-electron chi connectivity index (χ1n) is 10.7. The molecule has 4 N–H and O–H groups in total. The molecule has 3 aromatic heterocycles. The Labute approximate surface area is 186 Å². The predicted octanol–water partition coefficient (Wildman–Crippen LogP) is 3.35. The van der Waals surface area contributed by atoms with E-state index in [2.05, 4.69) is 30.8 Å². The van der Waals surface area contributed by atoms with Crippen LogP contribution in [-0.2, 0) is 13.1 Å². The lowest BCUT2D eigenvalue weighted by Gasteiger charge is -2.40. The minimum atomic E-state index is -0.866. The molecular weight excluding hydrogens is 402 g/mol. The fraction of sp³-hybridized carbons (Fsp3) is 0.292. The number of nitrogens with zero attached hydrogens (tertiary/aromatic N) is 5. The van der Waals surface area contributed by atoms with Gasteiger partial charge < -0.3 is 25.6 Å². The van der Waals surface area contributed by atoms with E-state index in [-0.39, 0.29) is 6.04 Å². The summed E-state index contributed by atoms with van der Waals surface area (Å²) in [5.41, 5.74) is 7.22. The topological polar surface area (TPSA) is 105 Å². The van der Waals surface area contributed by atoms with E-state index in [9.17, 15) is 5.11 Å². The first-order valence-corrected chi connectivity index (χ1v) is 10.7. The number of pyridine rings is 2. The molecule has 1 aromatic carbocycles. The van der Waals surface area contributed by atoms with E-state index < -0.39 is 5.60 Å². The van der Waals surface area contributed by atoms with Gasteiger partial charge in [0.25, 0.3) is 0 Å². The van der Waals surface area contributed by atoms with E-state index in [1.54, 1.807) is 12.4 Å². The van der Waals surface area contributed by atoms with E-state index in [0.717, 1.165) is 33.7 Å². The third-order valence-corrected chi connectivity index (χ3v) is 6.08. The van der Waals surface area contributed by atoms with Gasteiger partial charge in [0.15, 0.2) is 0 Å². The second-order valence-electron chi connectivity index (χ2n) is 8.78. The fourth-order valence-corrected chi connectivity index (χ4v) is 4.31. The summed E-state index contributed by atoms with van der Waals surface area (Å²) in [5, 5.41) is 16.1. The maximum absolute atomic E-state index is 10.7. The van der Waals surface area contributed by atoms with Crippen molar-refractivity contribution in [2.24, 2.45) is 0 Å². The lowest BCUT2D eigenvalue weighted by molar-refractivity contribution is 0.0208. The third kappa shape index (κ3) is 3.73. The van der Waals surface area contributed by atoms with Crippen molar-refractivity contribution >= 4 is 28.1 Å². The Morgan fingerprint density at radius 3 is 2.75 bits per heavy atom. The molecular formula is C24H27N7O. The number of hydrogen-bond acceptors (Lipinski definition) is 7. The zero-order valence-electron chi connectivity index (χ0n) is 18.2. The van der Waals surface area contributed by atoms with Gasteiger partial charge in [0.05, 0.1) is 18.2 Å². The van der Waals surface area contributed by atoms with Crippen molar-refractivity contribution in [2.75, 3.05) is 22.5 Å². The van der Waals surface area contributed by atoms with Crippen molar-refractivity contribution in [3.63, 3.8) is 0 Å². The van der Waals surface area contributed by atoms with Crippen LogP contribution in [0.5, 0.6) is 0 Å². The molecule has 1 atom stereocenters. The number of aromatic nitrogens is 4. The van der Waals surface area contributed by atoms with Crippen molar-refractivity contribution in [3.05, 3.63) is 72.6 Å². The number of imidazole rings is 1. The van der Waals surface area contributed by atoms with Gasteiger partial charge in [-0.3, -0.25) is 0 Å². The zero-order chi connectivity index (χ0) is 22.3. The summed E-state index contributed by atoms with van der Waals surface area (Å²) in [7, 11) is 0. The Morgan fingerprint density at radius 2 is 1.97 bits per heavy atom. The molecule has 1 unspecified atom stereocenters. The van der Waals surface area contributed by atoms with E-state index in [1.807, 2.05) is 56.6 Å². The molecule has 32 heavy (non-hydrogen) atoms. The minimum absolute atomic E-state index is 0.0924. The van der Waals surface area contributed by atoms with Crippen LogP contribution in [0, 0.1) is 0 Å². The average molecular weight is 430 g/mol. The molecule has 5 rings (SSSR count). The molecule has 1 aliphatic rings. The molecule has 0 saturated carbocycles. The third-order valence-electron chi connectivity index (χ3n) is 6.08. The lowest BCUT2D eigenvalue weighted by atomic mass is 9.96. The van der Waals surface area contributed by atoms with Crippen molar-refractivity contribution in [3.8, 4) is 0 Å². The Hall–Kier alpha value is -3.65. The van der Waals surface area contributed by atoms with Gasteiger partial charge in [-0.2, -0.15) is 0 Å². The highest BCUT2D eigenvalue weighted by Gasteiger charge is 2.35. The molecule has 1 aliphatic heterocycles. The van der Waals surface area contributed by atoms with Gasteiger partial charge in [-0.1, -0.05) is 18.2 Å². The number of nitrogens with one attached hydrogen (secondary N) is 1. The number of hydrogen-bond donors (Lipinski definition) is 3. The molecule has 0 bridgehead atoms. The smallest absolute Gasteiger partial charge is 0.131 e. The molecule has 0 saturated heterocycles. The molecule has 0 radical (unpaired) electrons. The van der Waals surface area contributed by atoms with E-state index in [0.29, 0.717) is 25.5 Å². The maximum Gasteiger partial charge on any atom is 0.131 e. The van der Waals surface area contributed by atoms with Gasteiger partial charge in [0.2, 0.25) is 0 Å². The van der Waals surface area contributed by atoms with Gasteiger partial charge in [-0.25, -0.2) is 15.0 Å². The van der Waals surface area contributed by atoms with Crippen LogP contribution >= 0.6 is 0 Å². The fourth-order valence-electron chi connectivity index (χ4n) is 4.31. The van der Waals surface area contributed by atoms with E-state index in [1.165, 1.54) is 0 Å². The van der Waals surface area contributed by atoms with Gasteiger partial charge >= 0.3 is 0 Å². The van der Waals surface area contributed by atoms with E-state index in [4.69, 9.17) is 10.7 Å². The molecule has 0 fully saturated rings. The number of nitrogens with two attached hydrogens (primary N) is 1. The number of rotatable bonds is 5. The molecule has 8 heteroatoms. The van der Waals surface area contributed by atoms with Gasteiger partial charge in [-0.05, 0) is 37.6 Å². The van der Waals surface area contributed by atoms with Crippen LogP contribution in [0.2, 0.25) is 0 Å². The van der Waals surface area contributed by atoms with Gasteiger partial charge in [-0.15, -0.1) is 0 Å². The number of aliphatic hydroxyl groups is 1. The molecule has 4 aromatic rings. The quantitative estimate of drug-likeness (QED) is 0.447. The van der Waals surface area contributed by atoms with Crippen molar-refractivity contribution in [2.45, 2.75) is 38.6 Å². The molecule has 164 valence electrons. The molecule has 0 aliphatic carbocycles. The number of fused-ring (bicyclic) bond motifs is 2. The van der Waals surface area contributed by atoms with Crippen LogP contribution in [-0.4, -0.2) is 36.8 Å². The monoisotopic (exact) mass is 429 g/mol. The van der Waals surface area contributed by atoms with Crippen molar-refractivity contribution in [1.29, 1.82) is 0 Å². The highest BCUT2D eigenvalue weighted by Crippen LogP contribution is 2.31. The number of anilines is 3. The first kappa shape index (κ1) is 20.3. The second-order valence-corrected chi connectivity index (χ2v) is 8.78. The van der Waals surface area contributed by atoms with Crippen LogP contribution in [0.3, 0.4) is 0 Å². The maximum atomic E-state index is 10.7. The minimum Gasteiger partial charge on any atom is -0.388 e. The van der Waals surface area contributed by atoms with Gasteiger partial charge in [0.1, 0.15) is 17.5 Å². The zero-order valence-corrected chi connectivity index (χ0v) is 18.2. The second kappa shape index (κ2) is 7.80. The van der Waals surface area contributed by atoms with Crippen LogP contribution in [0.25, 0.3) is 10.8 Å². The molecule has 0 amide bonds.